The summed E-state index contributed by atoms with van der Waals surface area (Å²) in [6.45, 7) is 0.492. The van der Waals surface area contributed by atoms with Gasteiger partial charge in [-0.25, -0.2) is 4.68 Å². The third-order valence-electron chi connectivity index (χ3n) is 3.07. The van der Waals surface area contributed by atoms with Crippen LogP contribution in [0.3, 0.4) is 0 Å². The first-order valence-electron chi connectivity index (χ1n) is 6.18. The molecule has 3 rings (SSSR count). The summed E-state index contributed by atoms with van der Waals surface area (Å²) in [6, 6.07) is 8.22. The molecule has 1 aliphatic carbocycles. The summed E-state index contributed by atoms with van der Waals surface area (Å²) >= 11 is 7.80. The molecule has 1 aliphatic rings. The summed E-state index contributed by atoms with van der Waals surface area (Å²) in [7, 11) is 0. The van der Waals surface area contributed by atoms with Gasteiger partial charge in [0.05, 0.1) is 11.3 Å². The number of benzene rings is 1. The smallest absolute Gasteiger partial charge is 0.210 e. The molecule has 1 atom stereocenters. The van der Waals surface area contributed by atoms with Crippen molar-refractivity contribution in [2.75, 3.05) is 6.54 Å². The van der Waals surface area contributed by atoms with E-state index in [2.05, 4.69) is 15.5 Å². The minimum atomic E-state index is 0.0669. The van der Waals surface area contributed by atoms with Crippen molar-refractivity contribution in [1.29, 1.82) is 0 Å². The predicted octanol–water partition coefficient (Wildman–Crippen LogP) is 2.45. The van der Waals surface area contributed by atoms with E-state index in [1.54, 1.807) is 11.8 Å². The van der Waals surface area contributed by atoms with Crippen molar-refractivity contribution in [2.24, 2.45) is 5.73 Å². The number of aromatic nitrogens is 4. The first-order valence-corrected chi connectivity index (χ1v) is 7.44. The van der Waals surface area contributed by atoms with E-state index < -0.39 is 0 Å². The van der Waals surface area contributed by atoms with Gasteiger partial charge in [0, 0.05) is 11.6 Å². The maximum atomic E-state index is 6.23. The molecule has 0 amide bonds. The molecule has 0 bridgehead atoms. The van der Waals surface area contributed by atoms with E-state index in [9.17, 15) is 0 Å². The molecule has 0 saturated heterocycles. The van der Waals surface area contributed by atoms with Gasteiger partial charge in [0.15, 0.2) is 0 Å². The fourth-order valence-corrected chi connectivity index (χ4v) is 3.31. The molecule has 0 radical (unpaired) electrons. The van der Waals surface area contributed by atoms with Gasteiger partial charge in [-0.15, -0.1) is 5.10 Å². The van der Waals surface area contributed by atoms with Gasteiger partial charge in [-0.3, -0.25) is 0 Å². The van der Waals surface area contributed by atoms with E-state index in [0.717, 1.165) is 28.6 Å². The molecular formula is C12H14ClN5S. The topological polar surface area (TPSA) is 69.6 Å². The van der Waals surface area contributed by atoms with Crippen molar-refractivity contribution in [3.63, 3.8) is 0 Å². The van der Waals surface area contributed by atoms with Crippen LogP contribution < -0.4 is 5.73 Å². The minimum Gasteiger partial charge on any atom is -0.329 e. The normalized spacial score (nSPS) is 16.5. The van der Waals surface area contributed by atoms with E-state index >= 15 is 0 Å². The molecule has 1 fully saturated rings. The Bertz CT molecular complexity index is 569. The standard InChI is InChI=1S/C12H14ClN5S/c13-10-4-2-1-3-9(10)11(7-14)19-12-15-16-17-18(12)8-5-6-8/h1-4,8,11H,5-7,14H2. The maximum Gasteiger partial charge on any atom is 0.210 e. The molecule has 2 aromatic rings. The van der Waals surface area contributed by atoms with Crippen LogP contribution in [0.1, 0.15) is 29.7 Å². The van der Waals surface area contributed by atoms with Crippen LogP contribution in [0.25, 0.3) is 0 Å². The molecule has 1 unspecified atom stereocenters. The van der Waals surface area contributed by atoms with Crippen molar-refractivity contribution in [1.82, 2.24) is 20.2 Å². The van der Waals surface area contributed by atoms with Crippen molar-refractivity contribution in [2.45, 2.75) is 29.3 Å². The molecule has 0 spiro atoms. The third kappa shape index (κ3) is 2.75. The molecule has 0 aliphatic heterocycles. The van der Waals surface area contributed by atoms with Crippen LogP contribution in [0, 0.1) is 0 Å². The highest BCUT2D eigenvalue weighted by Gasteiger charge is 2.29. The SMILES string of the molecule is NCC(Sc1nnnn1C1CC1)c1ccccc1Cl. The molecule has 1 aromatic heterocycles. The highest BCUT2D eigenvalue weighted by atomic mass is 35.5. The van der Waals surface area contributed by atoms with Crippen molar-refractivity contribution in [3.05, 3.63) is 34.9 Å². The molecule has 1 saturated carbocycles. The summed E-state index contributed by atoms with van der Waals surface area (Å²) in [5, 5.41) is 13.5. The van der Waals surface area contributed by atoms with Crippen LogP contribution in [0.2, 0.25) is 5.02 Å². The summed E-state index contributed by atoms with van der Waals surface area (Å²) in [5.41, 5.74) is 6.90. The summed E-state index contributed by atoms with van der Waals surface area (Å²) in [5.74, 6) is 0. The minimum absolute atomic E-state index is 0.0669. The highest BCUT2D eigenvalue weighted by Crippen LogP contribution is 2.41. The van der Waals surface area contributed by atoms with Gasteiger partial charge in [-0.1, -0.05) is 41.6 Å². The monoisotopic (exact) mass is 295 g/mol. The predicted molar refractivity (Wildman–Crippen MR) is 75.2 cm³/mol. The molecule has 1 aromatic carbocycles. The Morgan fingerprint density at radius 2 is 2.21 bits per heavy atom. The zero-order valence-electron chi connectivity index (χ0n) is 10.2. The summed E-state index contributed by atoms with van der Waals surface area (Å²) in [4.78, 5) is 0. The van der Waals surface area contributed by atoms with E-state index in [0.29, 0.717) is 12.6 Å². The summed E-state index contributed by atoms with van der Waals surface area (Å²) in [6.07, 6.45) is 2.30. The van der Waals surface area contributed by atoms with Crippen LogP contribution in [0.5, 0.6) is 0 Å². The van der Waals surface area contributed by atoms with Gasteiger partial charge >= 0.3 is 0 Å². The Morgan fingerprint density at radius 3 is 2.89 bits per heavy atom. The lowest BCUT2D eigenvalue weighted by molar-refractivity contribution is 0.564. The Hall–Kier alpha value is -1.11. The van der Waals surface area contributed by atoms with Crippen LogP contribution in [0.15, 0.2) is 29.4 Å². The average Bonchev–Trinajstić information content (AvgIpc) is 3.17. The Labute approximate surface area is 120 Å². The van der Waals surface area contributed by atoms with Crippen molar-refractivity contribution < 1.29 is 0 Å². The van der Waals surface area contributed by atoms with Crippen LogP contribution in [-0.4, -0.2) is 26.8 Å². The molecule has 2 N–H and O–H groups in total. The number of tetrazole rings is 1. The van der Waals surface area contributed by atoms with Gasteiger partial charge in [0.25, 0.3) is 0 Å². The third-order valence-corrected chi connectivity index (χ3v) is 4.62. The van der Waals surface area contributed by atoms with Gasteiger partial charge in [0.2, 0.25) is 5.16 Å². The van der Waals surface area contributed by atoms with Gasteiger partial charge in [-0.05, 0) is 34.9 Å². The highest BCUT2D eigenvalue weighted by molar-refractivity contribution is 7.99. The second kappa shape index (κ2) is 5.48. The number of rotatable bonds is 5. The fraction of sp³-hybridized carbons (Fsp3) is 0.417. The molecule has 1 heterocycles. The number of nitrogens with zero attached hydrogens (tertiary/aromatic N) is 4. The van der Waals surface area contributed by atoms with E-state index in [4.69, 9.17) is 17.3 Å². The van der Waals surface area contributed by atoms with Crippen LogP contribution in [-0.2, 0) is 0 Å². The first-order chi connectivity index (χ1) is 9.29. The molecule has 19 heavy (non-hydrogen) atoms. The van der Waals surface area contributed by atoms with Crippen molar-refractivity contribution >= 4 is 23.4 Å². The average molecular weight is 296 g/mol. The lowest BCUT2D eigenvalue weighted by Crippen LogP contribution is -2.11. The Balaban J connectivity index is 1.83. The van der Waals surface area contributed by atoms with E-state index in [1.807, 2.05) is 28.9 Å². The lowest BCUT2D eigenvalue weighted by Gasteiger charge is -2.15. The summed E-state index contributed by atoms with van der Waals surface area (Å²) < 4.78 is 1.89. The zero-order chi connectivity index (χ0) is 13.2. The number of hydrogen-bond donors (Lipinski definition) is 1. The van der Waals surface area contributed by atoms with Crippen LogP contribution in [0.4, 0.5) is 0 Å². The maximum absolute atomic E-state index is 6.23. The molecular weight excluding hydrogens is 282 g/mol. The second-order valence-electron chi connectivity index (χ2n) is 4.50. The van der Waals surface area contributed by atoms with Gasteiger partial charge in [-0.2, -0.15) is 0 Å². The number of halogens is 1. The molecule has 5 nitrogen and oxygen atoms in total. The molecule has 7 heteroatoms. The number of thioether (sulfide) groups is 1. The Kier molecular flexibility index (Phi) is 3.72. The zero-order valence-corrected chi connectivity index (χ0v) is 11.8. The van der Waals surface area contributed by atoms with Gasteiger partial charge in [0.1, 0.15) is 0 Å². The van der Waals surface area contributed by atoms with Crippen LogP contribution >= 0.6 is 23.4 Å². The number of hydrogen-bond acceptors (Lipinski definition) is 5. The van der Waals surface area contributed by atoms with Gasteiger partial charge < -0.3 is 5.73 Å². The fourth-order valence-electron chi connectivity index (χ4n) is 1.91. The second-order valence-corrected chi connectivity index (χ2v) is 6.08. The number of nitrogens with two attached hydrogens (primary N) is 1. The largest absolute Gasteiger partial charge is 0.329 e. The van der Waals surface area contributed by atoms with E-state index in [-0.39, 0.29) is 5.25 Å². The quantitative estimate of drug-likeness (QED) is 0.858. The van der Waals surface area contributed by atoms with E-state index in [1.165, 1.54) is 0 Å². The molecule has 100 valence electrons. The van der Waals surface area contributed by atoms with Crippen molar-refractivity contribution in [3.8, 4) is 0 Å². The first kappa shape index (κ1) is 12.9. The Morgan fingerprint density at radius 1 is 1.42 bits per heavy atom. The lowest BCUT2D eigenvalue weighted by atomic mass is 10.1.